The zero-order valence-corrected chi connectivity index (χ0v) is 18.4. The Morgan fingerprint density at radius 2 is 1.68 bits per heavy atom. The number of anilines is 2. The number of rotatable bonds is 7. The van der Waals surface area contributed by atoms with Crippen molar-refractivity contribution in [3.05, 3.63) is 117 Å². The van der Waals surface area contributed by atoms with Gasteiger partial charge in [-0.15, -0.1) is 0 Å². The number of carbonyl (C=O) groups is 2. The summed E-state index contributed by atoms with van der Waals surface area (Å²) < 4.78 is 1.80. The predicted octanol–water partition coefficient (Wildman–Crippen LogP) is 5.00. The molecule has 0 fully saturated rings. The van der Waals surface area contributed by atoms with E-state index in [4.69, 9.17) is 11.6 Å². The third-order valence-electron chi connectivity index (χ3n) is 4.94. The number of aromatic nitrogens is 2. The average Bonchev–Trinajstić information content (AvgIpc) is 3.33. The number of benzene rings is 3. The number of nitro groups is 1. The van der Waals surface area contributed by atoms with Gasteiger partial charge in [0.25, 0.3) is 17.5 Å². The van der Waals surface area contributed by atoms with Gasteiger partial charge in [-0.05, 0) is 42.0 Å². The van der Waals surface area contributed by atoms with E-state index >= 15 is 0 Å². The molecule has 0 aliphatic rings. The van der Waals surface area contributed by atoms with Crippen LogP contribution in [0.4, 0.5) is 17.1 Å². The minimum Gasteiger partial charge on any atom is -0.322 e. The Balaban J connectivity index is 1.47. The Bertz CT molecular complexity index is 1350. The Labute approximate surface area is 199 Å². The number of halogens is 1. The topological polar surface area (TPSA) is 119 Å². The Kier molecular flexibility index (Phi) is 6.65. The summed E-state index contributed by atoms with van der Waals surface area (Å²) >= 11 is 6.05. The van der Waals surface area contributed by atoms with Crippen LogP contribution < -0.4 is 10.6 Å². The van der Waals surface area contributed by atoms with Crippen LogP contribution in [0.2, 0.25) is 5.02 Å². The number of nitrogens with zero attached hydrogens (tertiary/aromatic N) is 3. The number of amides is 2. The molecule has 3 aromatic carbocycles. The maximum Gasteiger partial charge on any atom is 0.270 e. The van der Waals surface area contributed by atoms with E-state index in [0.29, 0.717) is 12.2 Å². The summed E-state index contributed by atoms with van der Waals surface area (Å²) in [5.74, 6) is -1.01. The number of carbonyl (C=O) groups excluding carboxylic acids is 2. The van der Waals surface area contributed by atoms with Crippen molar-refractivity contribution in [2.45, 2.75) is 6.54 Å². The molecule has 0 saturated carbocycles. The fourth-order valence-electron chi connectivity index (χ4n) is 3.25. The van der Waals surface area contributed by atoms with E-state index in [1.54, 1.807) is 47.3 Å². The Hall–Kier alpha value is -4.50. The number of nitro benzene ring substituents is 1. The second-order valence-corrected chi connectivity index (χ2v) is 7.68. The SMILES string of the molecule is O=C(Nc1ccccc1C(=O)Nc1ccc(Cn2cccn2)cc1)c1ccc([N+](=O)[O-])cc1Cl. The molecule has 10 heteroatoms. The van der Waals surface area contributed by atoms with Crippen LogP contribution in [0.1, 0.15) is 26.3 Å². The van der Waals surface area contributed by atoms with Gasteiger partial charge in [0.15, 0.2) is 0 Å². The smallest absolute Gasteiger partial charge is 0.270 e. The van der Waals surface area contributed by atoms with E-state index in [-0.39, 0.29) is 27.5 Å². The molecule has 0 bridgehead atoms. The van der Waals surface area contributed by atoms with Gasteiger partial charge in [-0.25, -0.2) is 0 Å². The quantitative estimate of drug-likeness (QED) is 0.288. The second-order valence-electron chi connectivity index (χ2n) is 7.28. The highest BCUT2D eigenvalue weighted by atomic mass is 35.5. The van der Waals surface area contributed by atoms with Gasteiger partial charge in [-0.2, -0.15) is 5.10 Å². The minimum absolute atomic E-state index is 0.0512. The normalized spacial score (nSPS) is 10.5. The van der Waals surface area contributed by atoms with Crippen molar-refractivity contribution in [1.82, 2.24) is 9.78 Å². The molecule has 2 amide bonds. The molecule has 0 spiro atoms. The van der Waals surface area contributed by atoms with Crippen LogP contribution in [0.3, 0.4) is 0 Å². The predicted molar refractivity (Wildman–Crippen MR) is 128 cm³/mol. The summed E-state index contributed by atoms with van der Waals surface area (Å²) in [4.78, 5) is 35.9. The molecule has 9 nitrogen and oxygen atoms in total. The standard InChI is InChI=1S/C24H18ClN5O4/c25-21-14-18(30(33)34)10-11-19(21)23(31)28-22-5-2-1-4-20(22)24(32)27-17-8-6-16(7-9-17)15-29-13-3-12-26-29/h1-14H,15H2,(H,27,32)(H,28,31). The maximum atomic E-state index is 12.9. The number of non-ortho nitro benzene ring substituents is 1. The summed E-state index contributed by atoms with van der Waals surface area (Å²) in [7, 11) is 0. The van der Waals surface area contributed by atoms with Crippen molar-refractivity contribution in [2.24, 2.45) is 0 Å². The second kappa shape index (κ2) is 9.97. The number of hydrogen-bond donors (Lipinski definition) is 2. The third-order valence-corrected chi connectivity index (χ3v) is 5.26. The zero-order chi connectivity index (χ0) is 24.1. The van der Waals surface area contributed by atoms with Gasteiger partial charge in [0.1, 0.15) is 0 Å². The minimum atomic E-state index is -0.600. The van der Waals surface area contributed by atoms with Gasteiger partial charge < -0.3 is 10.6 Å². The highest BCUT2D eigenvalue weighted by Gasteiger charge is 2.18. The molecular formula is C24H18ClN5O4. The molecule has 34 heavy (non-hydrogen) atoms. The summed E-state index contributed by atoms with van der Waals surface area (Å²) in [5.41, 5.74) is 1.96. The number of para-hydroxylation sites is 1. The monoisotopic (exact) mass is 475 g/mol. The van der Waals surface area contributed by atoms with Crippen molar-refractivity contribution in [3.63, 3.8) is 0 Å². The van der Waals surface area contributed by atoms with Crippen molar-refractivity contribution in [2.75, 3.05) is 10.6 Å². The highest BCUT2D eigenvalue weighted by molar-refractivity contribution is 6.34. The first-order chi connectivity index (χ1) is 16.4. The molecule has 4 rings (SSSR count). The van der Waals surface area contributed by atoms with Gasteiger partial charge in [0, 0.05) is 30.2 Å². The van der Waals surface area contributed by atoms with Crippen LogP contribution in [-0.2, 0) is 6.54 Å². The van der Waals surface area contributed by atoms with Crippen molar-refractivity contribution in [1.29, 1.82) is 0 Å². The Morgan fingerprint density at radius 1 is 0.941 bits per heavy atom. The molecule has 0 saturated heterocycles. The zero-order valence-electron chi connectivity index (χ0n) is 17.6. The molecular weight excluding hydrogens is 458 g/mol. The van der Waals surface area contributed by atoms with Crippen molar-refractivity contribution >= 4 is 40.5 Å². The van der Waals surface area contributed by atoms with E-state index in [0.717, 1.165) is 11.6 Å². The molecule has 2 N–H and O–H groups in total. The lowest BCUT2D eigenvalue weighted by molar-refractivity contribution is -0.384. The van der Waals surface area contributed by atoms with Crippen LogP contribution in [-0.4, -0.2) is 26.5 Å². The molecule has 1 heterocycles. The number of nitrogens with one attached hydrogen (secondary N) is 2. The van der Waals surface area contributed by atoms with Crippen LogP contribution in [0, 0.1) is 10.1 Å². The third kappa shape index (κ3) is 5.28. The fraction of sp³-hybridized carbons (Fsp3) is 0.0417. The van der Waals surface area contributed by atoms with E-state index in [1.807, 2.05) is 24.4 Å². The molecule has 1 aromatic heterocycles. The van der Waals surface area contributed by atoms with Crippen molar-refractivity contribution in [3.8, 4) is 0 Å². The van der Waals surface area contributed by atoms with Gasteiger partial charge in [-0.3, -0.25) is 24.4 Å². The summed E-state index contributed by atoms with van der Waals surface area (Å²) in [6, 6.07) is 19.3. The average molecular weight is 476 g/mol. The van der Waals surface area contributed by atoms with Crippen LogP contribution in [0.5, 0.6) is 0 Å². The lowest BCUT2D eigenvalue weighted by Gasteiger charge is -2.12. The summed E-state index contributed by atoms with van der Waals surface area (Å²) in [5, 5.41) is 20.5. The molecule has 0 unspecified atom stereocenters. The first-order valence-electron chi connectivity index (χ1n) is 10.1. The lowest BCUT2D eigenvalue weighted by atomic mass is 10.1. The van der Waals surface area contributed by atoms with Crippen molar-refractivity contribution < 1.29 is 14.5 Å². The number of hydrogen-bond acceptors (Lipinski definition) is 5. The van der Waals surface area contributed by atoms with Gasteiger partial charge in [0.2, 0.25) is 0 Å². The highest BCUT2D eigenvalue weighted by Crippen LogP contribution is 2.25. The van der Waals surface area contributed by atoms with E-state index in [1.165, 1.54) is 12.1 Å². The molecule has 0 aliphatic heterocycles. The molecule has 0 radical (unpaired) electrons. The van der Waals surface area contributed by atoms with Crippen LogP contribution in [0.15, 0.2) is 85.2 Å². The summed E-state index contributed by atoms with van der Waals surface area (Å²) in [6.07, 6.45) is 3.57. The molecule has 4 aromatic rings. The maximum absolute atomic E-state index is 12.9. The van der Waals surface area contributed by atoms with Gasteiger partial charge in [-0.1, -0.05) is 35.9 Å². The molecule has 0 atom stereocenters. The lowest BCUT2D eigenvalue weighted by Crippen LogP contribution is -2.18. The van der Waals surface area contributed by atoms with E-state index in [9.17, 15) is 19.7 Å². The first kappa shape index (κ1) is 22.7. The fourth-order valence-corrected chi connectivity index (χ4v) is 3.52. The van der Waals surface area contributed by atoms with E-state index < -0.39 is 16.7 Å². The van der Waals surface area contributed by atoms with Gasteiger partial charge >= 0.3 is 0 Å². The molecule has 170 valence electrons. The van der Waals surface area contributed by atoms with E-state index in [2.05, 4.69) is 15.7 Å². The largest absolute Gasteiger partial charge is 0.322 e. The summed E-state index contributed by atoms with van der Waals surface area (Å²) in [6.45, 7) is 0.612. The van der Waals surface area contributed by atoms with Gasteiger partial charge in [0.05, 0.1) is 33.3 Å². The first-order valence-corrected chi connectivity index (χ1v) is 10.5. The Morgan fingerprint density at radius 3 is 2.35 bits per heavy atom. The van der Waals surface area contributed by atoms with Crippen LogP contribution >= 0.6 is 11.6 Å². The van der Waals surface area contributed by atoms with Crippen LogP contribution in [0.25, 0.3) is 0 Å². The molecule has 0 aliphatic carbocycles.